The monoisotopic (exact) mass is 177 g/mol. The first-order valence-corrected chi connectivity index (χ1v) is 4.21. The summed E-state index contributed by atoms with van der Waals surface area (Å²) in [4.78, 5) is 0. The van der Waals surface area contributed by atoms with Crippen LogP contribution in [0.1, 0.15) is 0 Å². The minimum Gasteiger partial charge on any atom is -0.492 e. The molecule has 0 unspecified atom stereocenters. The van der Waals surface area contributed by atoms with E-state index in [9.17, 15) is 0 Å². The van der Waals surface area contributed by atoms with Crippen molar-refractivity contribution < 1.29 is 9.15 Å². The van der Waals surface area contributed by atoms with Gasteiger partial charge in [-0.1, -0.05) is 6.07 Å². The van der Waals surface area contributed by atoms with Crippen LogP contribution >= 0.6 is 0 Å². The Kier molecular flexibility index (Phi) is 2.19. The summed E-state index contributed by atoms with van der Waals surface area (Å²) in [5, 5.41) is 0.996. The van der Waals surface area contributed by atoms with Crippen molar-refractivity contribution in [1.29, 1.82) is 0 Å². The minimum absolute atomic E-state index is 0.522. The van der Waals surface area contributed by atoms with Crippen molar-refractivity contribution in [3.8, 4) is 5.75 Å². The molecule has 2 N–H and O–H groups in total. The highest BCUT2D eigenvalue weighted by Gasteiger charge is 2.02. The number of fused-ring (bicyclic) bond motifs is 1. The second kappa shape index (κ2) is 3.49. The normalized spacial score (nSPS) is 10.5. The molecule has 0 aliphatic heterocycles. The number of hydrogen-bond acceptors (Lipinski definition) is 3. The van der Waals surface area contributed by atoms with Gasteiger partial charge in [-0.25, -0.2) is 0 Å². The molecule has 0 aliphatic carbocycles. The molecule has 0 fully saturated rings. The standard InChI is InChI=1S/C10H11NO2/c11-5-7-13-10-3-1-2-9-8(10)4-6-12-9/h1-4,6H,5,7,11H2. The Balaban J connectivity index is 2.37. The van der Waals surface area contributed by atoms with E-state index in [-0.39, 0.29) is 0 Å². The Labute approximate surface area is 76.1 Å². The lowest BCUT2D eigenvalue weighted by atomic mass is 10.2. The molecule has 0 radical (unpaired) electrons. The van der Waals surface area contributed by atoms with E-state index in [4.69, 9.17) is 14.9 Å². The van der Waals surface area contributed by atoms with Crippen molar-refractivity contribution in [2.24, 2.45) is 5.73 Å². The van der Waals surface area contributed by atoms with Gasteiger partial charge in [0.25, 0.3) is 0 Å². The molecule has 3 heteroatoms. The van der Waals surface area contributed by atoms with Crippen molar-refractivity contribution in [1.82, 2.24) is 0 Å². The molecule has 0 amide bonds. The maximum Gasteiger partial charge on any atom is 0.137 e. The highest BCUT2D eigenvalue weighted by molar-refractivity contribution is 5.83. The first-order valence-electron chi connectivity index (χ1n) is 4.21. The number of furan rings is 1. The fraction of sp³-hybridized carbons (Fsp3) is 0.200. The van der Waals surface area contributed by atoms with Crippen LogP contribution in [0, 0.1) is 0 Å². The number of rotatable bonds is 3. The molecule has 1 aromatic carbocycles. The van der Waals surface area contributed by atoms with Gasteiger partial charge in [-0.2, -0.15) is 0 Å². The third-order valence-corrected chi connectivity index (χ3v) is 1.83. The Bertz CT molecular complexity index is 394. The zero-order valence-electron chi connectivity index (χ0n) is 7.19. The predicted octanol–water partition coefficient (Wildman–Crippen LogP) is 1.77. The van der Waals surface area contributed by atoms with E-state index in [1.54, 1.807) is 6.26 Å². The minimum atomic E-state index is 0.522. The fourth-order valence-corrected chi connectivity index (χ4v) is 1.26. The van der Waals surface area contributed by atoms with Gasteiger partial charge in [0.05, 0.1) is 11.6 Å². The topological polar surface area (TPSA) is 48.4 Å². The number of hydrogen-bond donors (Lipinski definition) is 1. The van der Waals surface area contributed by atoms with Crippen LogP contribution in [-0.4, -0.2) is 13.2 Å². The average molecular weight is 177 g/mol. The highest BCUT2D eigenvalue weighted by Crippen LogP contribution is 2.25. The smallest absolute Gasteiger partial charge is 0.137 e. The van der Waals surface area contributed by atoms with Crippen LogP contribution in [0.2, 0.25) is 0 Å². The Hall–Kier alpha value is -1.48. The maximum absolute atomic E-state index is 5.44. The van der Waals surface area contributed by atoms with Gasteiger partial charge in [-0.05, 0) is 18.2 Å². The second-order valence-electron chi connectivity index (χ2n) is 2.73. The first-order chi connectivity index (χ1) is 6.42. The third-order valence-electron chi connectivity index (χ3n) is 1.83. The molecule has 3 nitrogen and oxygen atoms in total. The van der Waals surface area contributed by atoms with Gasteiger partial charge in [-0.15, -0.1) is 0 Å². The Morgan fingerprint density at radius 1 is 1.31 bits per heavy atom. The SMILES string of the molecule is NCCOc1cccc2occc12. The summed E-state index contributed by atoms with van der Waals surface area (Å²) in [6.45, 7) is 1.05. The summed E-state index contributed by atoms with van der Waals surface area (Å²) >= 11 is 0. The first kappa shape index (κ1) is 8.13. The summed E-state index contributed by atoms with van der Waals surface area (Å²) in [5.41, 5.74) is 6.19. The second-order valence-corrected chi connectivity index (χ2v) is 2.73. The molecule has 2 aromatic rings. The van der Waals surface area contributed by atoms with Gasteiger partial charge < -0.3 is 14.9 Å². The zero-order valence-corrected chi connectivity index (χ0v) is 7.19. The summed E-state index contributed by atoms with van der Waals surface area (Å²) in [7, 11) is 0. The van der Waals surface area contributed by atoms with Gasteiger partial charge in [0.2, 0.25) is 0 Å². The molecule has 0 atom stereocenters. The molecule has 68 valence electrons. The van der Waals surface area contributed by atoms with E-state index in [0.717, 1.165) is 16.7 Å². The average Bonchev–Trinajstić information content (AvgIpc) is 2.62. The van der Waals surface area contributed by atoms with Crippen molar-refractivity contribution in [2.75, 3.05) is 13.2 Å². The molecule has 0 bridgehead atoms. The molecule has 0 saturated heterocycles. The molecule has 0 aliphatic rings. The molecular formula is C10H11NO2. The van der Waals surface area contributed by atoms with Gasteiger partial charge >= 0.3 is 0 Å². The molecule has 1 aromatic heterocycles. The van der Waals surface area contributed by atoms with E-state index in [1.807, 2.05) is 24.3 Å². The van der Waals surface area contributed by atoms with Crippen LogP contribution in [-0.2, 0) is 0 Å². The Morgan fingerprint density at radius 2 is 2.23 bits per heavy atom. The molecule has 1 heterocycles. The van der Waals surface area contributed by atoms with Crippen LogP contribution < -0.4 is 10.5 Å². The van der Waals surface area contributed by atoms with E-state index < -0.39 is 0 Å². The molecular weight excluding hydrogens is 166 g/mol. The molecule has 0 saturated carbocycles. The van der Waals surface area contributed by atoms with E-state index in [2.05, 4.69) is 0 Å². The van der Waals surface area contributed by atoms with Gasteiger partial charge in [0.1, 0.15) is 17.9 Å². The van der Waals surface area contributed by atoms with Crippen LogP contribution in [0.4, 0.5) is 0 Å². The lowest BCUT2D eigenvalue weighted by Gasteiger charge is -2.04. The van der Waals surface area contributed by atoms with Crippen LogP contribution in [0.3, 0.4) is 0 Å². The number of nitrogens with two attached hydrogens (primary N) is 1. The van der Waals surface area contributed by atoms with Crippen LogP contribution in [0.15, 0.2) is 34.9 Å². The quantitative estimate of drug-likeness (QED) is 0.777. The molecule has 0 spiro atoms. The Morgan fingerprint density at radius 3 is 3.08 bits per heavy atom. The van der Waals surface area contributed by atoms with Crippen molar-refractivity contribution in [2.45, 2.75) is 0 Å². The highest BCUT2D eigenvalue weighted by atomic mass is 16.5. The van der Waals surface area contributed by atoms with Gasteiger partial charge in [0, 0.05) is 6.54 Å². The van der Waals surface area contributed by atoms with Crippen molar-refractivity contribution in [3.63, 3.8) is 0 Å². The molecule has 13 heavy (non-hydrogen) atoms. The van der Waals surface area contributed by atoms with Crippen LogP contribution in [0.25, 0.3) is 11.0 Å². The zero-order chi connectivity index (χ0) is 9.10. The van der Waals surface area contributed by atoms with Crippen molar-refractivity contribution >= 4 is 11.0 Å². The van der Waals surface area contributed by atoms with E-state index >= 15 is 0 Å². The predicted molar refractivity (Wildman–Crippen MR) is 50.8 cm³/mol. The van der Waals surface area contributed by atoms with Gasteiger partial charge in [-0.3, -0.25) is 0 Å². The summed E-state index contributed by atoms with van der Waals surface area (Å²) < 4.78 is 10.7. The third kappa shape index (κ3) is 1.51. The number of benzene rings is 1. The summed E-state index contributed by atoms with van der Waals surface area (Å²) in [6.07, 6.45) is 1.65. The summed E-state index contributed by atoms with van der Waals surface area (Å²) in [5.74, 6) is 0.830. The lowest BCUT2D eigenvalue weighted by Crippen LogP contribution is -2.10. The fourth-order valence-electron chi connectivity index (χ4n) is 1.26. The largest absolute Gasteiger partial charge is 0.492 e. The molecule has 2 rings (SSSR count). The van der Waals surface area contributed by atoms with Crippen molar-refractivity contribution in [3.05, 3.63) is 30.5 Å². The van der Waals surface area contributed by atoms with E-state index in [0.29, 0.717) is 13.2 Å². The van der Waals surface area contributed by atoms with Gasteiger partial charge in [0.15, 0.2) is 0 Å². The lowest BCUT2D eigenvalue weighted by molar-refractivity contribution is 0.332. The van der Waals surface area contributed by atoms with E-state index in [1.165, 1.54) is 0 Å². The maximum atomic E-state index is 5.44. The number of ether oxygens (including phenoxy) is 1. The van der Waals surface area contributed by atoms with Crippen LogP contribution in [0.5, 0.6) is 5.75 Å². The summed E-state index contributed by atoms with van der Waals surface area (Å²) in [6, 6.07) is 7.61.